The highest BCUT2D eigenvalue weighted by Gasteiger charge is 2.32. The number of aliphatic hydroxyl groups excluding tert-OH is 1. The Morgan fingerprint density at radius 3 is 2.63 bits per heavy atom. The van der Waals surface area contributed by atoms with Gasteiger partial charge in [-0.15, -0.1) is 0 Å². The second-order valence-corrected chi connectivity index (χ2v) is 11.2. The van der Waals surface area contributed by atoms with E-state index in [1.54, 1.807) is 4.90 Å². The van der Waals surface area contributed by atoms with Crippen molar-refractivity contribution in [3.8, 4) is 5.75 Å². The smallest absolute Gasteiger partial charge is 0.227 e. The van der Waals surface area contributed by atoms with E-state index in [9.17, 15) is 14.7 Å². The minimum absolute atomic E-state index is 0.0222. The molecule has 0 radical (unpaired) electrons. The van der Waals surface area contributed by atoms with Crippen LogP contribution in [0.4, 0.5) is 5.69 Å². The average Bonchev–Trinajstić information content (AvgIpc) is 3.66. The van der Waals surface area contributed by atoms with E-state index < -0.39 is 0 Å². The number of amides is 2. The molecule has 1 heterocycles. The number of benzene rings is 1. The number of fused-ring (bicyclic) bond motifs is 1. The molecule has 2 aliphatic carbocycles. The molecule has 0 aromatic heterocycles. The largest absolute Gasteiger partial charge is 0.488 e. The van der Waals surface area contributed by atoms with E-state index in [1.165, 1.54) is 19.3 Å². The Bertz CT molecular complexity index is 881. The first-order valence-corrected chi connectivity index (χ1v) is 13.5. The molecule has 0 unspecified atom stereocenters. The highest BCUT2D eigenvalue weighted by Crippen LogP contribution is 2.32. The van der Waals surface area contributed by atoms with Crippen molar-refractivity contribution in [1.29, 1.82) is 0 Å². The number of nitrogens with one attached hydrogen (secondary N) is 1. The average molecular weight is 486 g/mol. The zero-order valence-corrected chi connectivity index (χ0v) is 21.7. The second-order valence-electron chi connectivity index (χ2n) is 11.2. The Labute approximate surface area is 210 Å². The van der Waals surface area contributed by atoms with Gasteiger partial charge >= 0.3 is 0 Å². The summed E-state index contributed by atoms with van der Waals surface area (Å²) < 4.78 is 6.59. The Balaban J connectivity index is 1.56. The summed E-state index contributed by atoms with van der Waals surface area (Å²) in [4.78, 5) is 30.3. The fourth-order valence-corrected chi connectivity index (χ4v) is 5.46. The van der Waals surface area contributed by atoms with Gasteiger partial charge in [0.05, 0.1) is 19.1 Å². The SMILES string of the molecule is C[C@@H]1CN([C@@H](C)CO)C(=O)Cc2cc(NC(=O)C3CCCCC3)ccc2O[C@@H]1CN(C)CC1CC1. The van der Waals surface area contributed by atoms with Gasteiger partial charge in [0.2, 0.25) is 11.8 Å². The van der Waals surface area contributed by atoms with Crippen molar-refractivity contribution in [3.63, 3.8) is 0 Å². The molecule has 7 nitrogen and oxygen atoms in total. The predicted octanol–water partition coefficient (Wildman–Crippen LogP) is 3.70. The normalized spacial score (nSPS) is 24.7. The molecule has 3 aliphatic rings. The van der Waals surface area contributed by atoms with Crippen LogP contribution < -0.4 is 10.1 Å². The predicted molar refractivity (Wildman–Crippen MR) is 137 cm³/mol. The maximum Gasteiger partial charge on any atom is 0.227 e. The number of carbonyl (C=O) groups excluding carboxylic acids is 2. The molecular formula is C28H43N3O4. The number of aliphatic hydroxyl groups is 1. The molecule has 4 rings (SSSR count). The van der Waals surface area contributed by atoms with Crippen LogP contribution in [-0.4, -0.2) is 72.2 Å². The van der Waals surface area contributed by atoms with Crippen molar-refractivity contribution in [1.82, 2.24) is 9.80 Å². The van der Waals surface area contributed by atoms with Gasteiger partial charge in [-0.3, -0.25) is 9.59 Å². The molecule has 0 spiro atoms. The molecule has 194 valence electrons. The first kappa shape index (κ1) is 26.0. The van der Waals surface area contributed by atoms with Gasteiger partial charge in [0, 0.05) is 42.7 Å². The van der Waals surface area contributed by atoms with Crippen LogP contribution in [0.25, 0.3) is 0 Å². The summed E-state index contributed by atoms with van der Waals surface area (Å²) in [5.41, 5.74) is 1.50. The fraction of sp³-hybridized carbons (Fsp3) is 0.714. The number of likely N-dealkylation sites (N-methyl/N-ethyl adjacent to an activating group) is 1. The first-order valence-electron chi connectivity index (χ1n) is 13.5. The second kappa shape index (κ2) is 11.7. The maximum absolute atomic E-state index is 13.4. The molecule has 1 aromatic carbocycles. The molecule has 2 saturated carbocycles. The summed E-state index contributed by atoms with van der Waals surface area (Å²) >= 11 is 0. The molecule has 3 atom stereocenters. The van der Waals surface area contributed by atoms with E-state index in [4.69, 9.17) is 4.74 Å². The molecule has 7 heteroatoms. The van der Waals surface area contributed by atoms with Crippen LogP contribution in [0, 0.1) is 17.8 Å². The van der Waals surface area contributed by atoms with Crippen molar-refractivity contribution in [2.75, 3.05) is 38.6 Å². The van der Waals surface area contributed by atoms with Crippen LogP contribution in [-0.2, 0) is 16.0 Å². The van der Waals surface area contributed by atoms with Crippen LogP contribution in [0.1, 0.15) is 64.4 Å². The van der Waals surface area contributed by atoms with E-state index >= 15 is 0 Å². The van der Waals surface area contributed by atoms with E-state index in [0.717, 1.165) is 50.3 Å². The zero-order chi connectivity index (χ0) is 24.9. The summed E-state index contributed by atoms with van der Waals surface area (Å²) in [6, 6.07) is 5.44. The van der Waals surface area contributed by atoms with Crippen LogP contribution in [0.2, 0.25) is 0 Å². The third-order valence-corrected chi connectivity index (χ3v) is 7.92. The lowest BCUT2D eigenvalue weighted by Gasteiger charge is -2.34. The number of hydrogen-bond acceptors (Lipinski definition) is 5. The minimum atomic E-state index is -0.259. The van der Waals surface area contributed by atoms with Crippen molar-refractivity contribution < 1.29 is 19.4 Å². The number of nitrogens with zero attached hydrogens (tertiary/aromatic N) is 2. The molecule has 2 fully saturated rings. The van der Waals surface area contributed by atoms with Crippen molar-refractivity contribution in [3.05, 3.63) is 23.8 Å². The van der Waals surface area contributed by atoms with Gasteiger partial charge in [-0.1, -0.05) is 26.2 Å². The molecule has 1 aliphatic heterocycles. The van der Waals surface area contributed by atoms with Crippen molar-refractivity contribution in [2.45, 2.75) is 77.4 Å². The fourth-order valence-electron chi connectivity index (χ4n) is 5.46. The maximum atomic E-state index is 13.4. The van der Waals surface area contributed by atoms with Crippen molar-refractivity contribution in [2.24, 2.45) is 17.8 Å². The summed E-state index contributed by atoms with van der Waals surface area (Å²) in [6.07, 6.45) is 8.03. The Kier molecular flexibility index (Phi) is 8.71. The van der Waals surface area contributed by atoms with Gasteiger partial charge in [0.1, 0.15) is 11.9 Å². The Morgan fingerprint density at radius 2 is 1.94 bits per heavy atom. The lowest BCUT2D eigenvalue weighted by Crippen LogP contribution is -2.47. The van der Waals surface area contributed by atoms with Crippen LogP contribution in [0.15, 0.2) is 18.2 Å². The van der Waals surface area contributed by atoms with Gasteiger partial charge in [0.15, 0.2) is 0 Å². The standard InChI is InChI=1S/C28H43N3O4/c1-19-15-31(20(2)18-32)27(33)14-23-13-24(29-28(34)22-7-5-4-6-8-22)11-12-25(23)35-26(19)17-30(3)16-21-9-10-21/h11-13,19-22,26,32H,4-10,14-18H2,1-3H3,(H,29,34)/t19-,20+,26-/m1/s1. The number of anilines is 1. The lowest BCUT2D eigenvalue weighted by molar-refractivity contribution is -0.134. The first-order chi connectivity index (χ1) is 16.8. The molecule has 2 N–H and O–H groups in total. The van der Waals surface area contributed by atoms with E-state index in [-0.39, 0.29) is 48.8 Å². The molecule has 1 aromatic rings. The Hall–Kier alpha value is -2.12. The monoisotopic (exact) mass is 485 g/mol. The number of rotatable bonds is 8. The third-order valence-electron chi connectivity index (χ3n) is 7.92. The van der Waals surface area contributed by atoms with Crippen molar-refractivity contribution >= 4 is 17.5 Å². The van der Waals surface area contributed by atoms with E-state index in [2.05, 4.69) is 24.2 Å². The van der Waals surface area contributed by atoms with E-state index in [1.807, 2.05) is 25.1 Å². The van der Waals surface area contributed by atoms with Crippen LogP contribution in [0.5, 0.6) is 5.75 Å². The molecule has 35 heavy (non-hydrogen) atoms. The van der Waals surface area contributed by atoms with Crippen LogP contribution in [0.3, 0.4) is 0 Å². The summed E-state index contributed by atoms with van der Waals surface area (Å²) in [7, 11) is 2.14. The number of hydrogen-bond donors (Lipinski definition) is 2. The molecular weight excluding hydrogens is 442 g/mol. The number of carbonyl (C=O) groups is 2. The topological polar surface area (TPSA) is 82.1 Å². The quantitative estimate of drug-likeness (QED) is 0.587. The van der Waals surface area contributed by atoms with Crippen LogP contribution >= 0.6 is 0 Å². The highest BCUT2D eigenvalue weighted by molar-refractivity contribution is 5.93. The molecule has 0 saturated heterocycles. The molecule has 2 amide bonds. The van der Waals surface area contributed by atoms with Gasteiger partial charge in [-0.2, -0.15) is 0 Å². The molecule has 0 bridgehead atoms. The third kappa shape index (κ3) is 6.98. The van der Waals surface area contributed by atoms with Gasteiger partial charge < -0.3 is 25.0 Å². The van der Waals surface area contributed by atoms with Gasteiger partial charge in [-0.25, -0.2) is 0 Å². The minimum Gasteiger partial charge on any atom is -0.488 e. The Morgan fingerprint density at radius 1 is 1.20 bits per heavy atom. The highest BCUT2D eigenvalue weighted by atomic mass is 16.5. The summed E-state index contributed by atoms with van der Waals surface area (Å²) in [5.74, 6) is 1.73. The van der Waals surface area contributed by atoms with Gasteiger partial charge in [0.25, 0.3) is 0 Å². The lowest BCUT2D eigenvalue weighted by atomic mass is 9.88. The van der Waals surface area contributed by atoms with E-state index in [0.29, 0.717) is 18.0 Å². The zero-order valence-electron chi connectivity index (χ0n) is 21.7. The number of ether oxygens (including phenoxy) is 1. The van der Waals surface area contributed by atoms with Gasteiger partial charge in [-0.05, 0) is 63.8 Å². The summed E-state index contributed by atoms with van der Waals surface area (Å²) in [5, 5.41) is 12.9. The summed E-state index contributed by atoms with van der Waals surface area (Å²) in [6.45, 7) is 6.34.